The van der Waals surface area contributed by atoms with Crippen LogP contribution in [0.4, 0.5) is 0 Å². The van der Waals surface area contributed by atoms with E-state index >= 15 is 0 Å². The number of hydrogen-bond donors (Lipinski definition) is 0. The molecule has 0 saturated heterocycles. The quantitative estimate of drug-likeness (QED) is 0.622. The van der Waals surface area contributed by atoms with E-state index in [0.29, 0.717) is 11.5 Å². The summed E-state index contributed by atoms with van der Waals surface area (Å²) in [6.07, 6.45) is 0. The van der Waals surface area contributed by atoms with E-state index in [0.717, 1.165) is 14.7 Å². The summed E-state index contributed by atoms with van der Waals surface area (Å²) < 4.78 is 40.5. The Morgan fingerprint density at radius 1 is 0.917 bits per heavy atom. The summed E-state index contributed by atoms with van der Waals surface area (Å²) in [7, 11) is -0.747. The number of rotatable bonds is 5. The van der Waals surface area contributed by atoms with Gasteiger partial charge in [-0.15, -0.1) is 2.55 Å². The van der Waals surface area contributed by atoms with E-state index in [2.05, 4.69) is 14.7 Å². The first-order valence-corrected chi connectivity index (χ1v) is 10.7. The molecule has 24 heavy (non-hydrogen) atoms. The Balaban J connectivity index is 2.42. The minimum atomic E-state index is -3.72. The van der Waals surface area contributed by atoms with Gasteiger partial charge in [-0.05, 0) is 44.0 Å². The second-order valence-electron chi connectivity index (χ2n) is 5.36. The highest BCUT2D eigenvalue weighted by molar-refractivity contribution is 14.2. The largest absolute Gasteiger partial charge is 0.493 e. The minimum absolute atomic E-state index is 0.113. The van der Waals surface area contributed by atoms with Crippen molar-refractivity contribution in [3.05, 3.63) is 50.6 Å². The summed E-state index contributed by atoms with van der Waals surface area (Å²) in [6.45, 7) is 6.01. The van der Waals surface area contributed by atoms with Crippen molar-refractivity contribution in [1.29, 1.82) is 0 Å². The first-order valence-electron chi connectivity index (χ1n) is 7.20. The molecule has 7 heteroatoms. The maximum Gasteiger partial charge on any atom is 0.287 e. The maximum absolute atomic E-state index is 12.5. The van der Waals surface area contributed by atoms with E-state index in [1.807, 2.05) is 20.8 Å². The first kappa shape index (κ1) is 18.9. The Morgan fingerprint density at radius 3 is 2.04 bits per heavy atom. The number of ether oxygens (including phenoxy) is 2. The van der Waals surface area contributed by atoms with Gasteiger partial charge in [0.2, 0.25) is 0 Å². The molecular formula is C17H20INO4S. The Labute approximate surface area is 153 Å². The molecule has 0 aliphatic carbocycles. The van der Waals surface area contributed by atoms with Crippen LogP contribution in [0.3, 0.4) is 0 Å². The molecule has 0 unspecified atom stereocenters. The minimum Gasteiger partial charge on any atom is -0.493 e. The van der Waals surface area contributed by atoms with Crippen molar-refractivity contribution < 1.29 is 17.9 Å². The molecule has 2 aromatic rings. The fourth-order valence-electron chi connectivity index (χ4n) is 2.39. The number of sulfonamides is 1. The molecule has 0 aromatic heterocycles. The van der Waals surface area contributed by atoms with Gasteiger partial charge in [0.25, 0.3) is 10.0 Å². The predicted octanol–water partition coefficient (Wildman–Crippen LogP) is 4.34. The lowest BCUT2D eigenvalue weighted by Crippen LogP contribution is -1.98. The second-order valence-corrected chi connectivity index (χ2v) is 9.66. The number of benzene rings is 2. The van der Waals surface area contributed by atoms with E-state index in [4.69, 9.17) is 9.47 Å². The number of aryl methyl sites for hydroxylation is 3. The zero-order chi connectivity index (χ0) is 17.9. The van der Waals surface area contributed by atoms with Crippen LogP contribution in [-0.4, -0.2) is 22.6 Å². The highest BCUT2D eigenvalue weighted by atomic mass is 127. The highest BCUT2D eigenvalue weighted by Crippen LogP contribution is 2.32. The molecule has 5 nitrogen and oxygen atoms in total. The summed E-state index contributed by atoms with van der Waals surface area (Å²) in [5.74, 6) is 0.853. The Morgan fingerprint density at radius 2 is 1.50 bits per heavy atom. The predicted molar refractivity (Wildman–Crippen MR) is 103 cm³/mol. The van der Waals surface area contributed by atoms with Crippen LogP contribution in [0.5, 0.6) is 11.5 Å². The molecule has 0 aliphatic rings. The van der Waals surface area contributed by atoms with Crippen LogP contribution in [0.1, 0.15) is 16.7 Å². The van der Waals surface area contributed by atoms with E-state index in [-0.39, 0.29) is 4.90 Å². The van der Waals surface area contributed by atoms with Crippen LogP contribution >= 0.6 is 21.0 Å². The third-order valence-corrected chi connectivity index (χ3v) is 8.87. The Kier molecular flexibility index (Phi) is 5.97. The molecule has 0 spiro atoms. The molecule has 2 aromatic carbocycles. The Hall–Kier alpha value is -1.48. The highest BCUT2D eigenvalue weighted by Gasteiger charge is 2.16. The summed E-state index contributed by atoms with van der Waals surface area (Å²) in [6, 6.07) is 8.61. The van der Waals surface area contributed by atoms with Gasteiger partial charge in [-0.1, -0.05) is 17.7 Å². The molecule has 0 amide bonds. The van der Waals surface area contributed by atoms with Crippen molar-refractivity contribution in [3.63, 3.8) is 0 Å². The molecule has 0 atom stereocenters. The van der Waals surface area contributed by atoms with Gasteiger partial charge in [0, 0.05) is 30.7 Å². The standard InChI is InChI=1S/C17H20INO4S/c1-11-8-12(2)17(13(3)9-11)18-19-24(20,21)14-6-7-15(22-4)16(10-14)23-5/h6-10H,1-5H3. The average molecular weight is 461 g/mol. The molecule has 0 saturated carbocycles. The number of hydrogen-bond acceptors (Lipinski definition) is 4. The van der Waals surface area contributed by atoms with Crippen molar-refractivity contribution >= 4 is 31.1 Å². The molecular weight excluding hydrogens is 441 g/mol. The first-order chi connectivity index (χ1) is 11.3. The van der Waals surface area contributed by atoms with E-state index in [9.17, 15) is 8.42 Å². The molecule has 130 valence electrons. The summed E-state index contributed by atoms with van der Waals surface area (Å²) >= 11 is -1.01. The van der Waals surface area contributed by atoms with Crippen LogP contribution in [-0.2, 0) is 10.0 Å². The van der Waals surface area contributed by atoms with E-state index in [1.165, 1.54) is 31.9 Å². The number of halogens is 1. The molecule has 0 aliphatic heterocycles. The van der Waals surface area contributed by atoms with Gasteiger partial charge < -0.3 is 9.47 Å². The summed E-state index contributed by atoms with van der Waals surface area (Å²) in [4.78, 5) is 0.113. The van der Waals surface area contributed by atoms with Crippen LogP contribution in [0, 0.1) is 24.3 Å². The van der Waals surface area contributed by atoms with Crippen molar-refractivity contribution in [2.75, 3.05) is 14.2 Å². The summed E-state index contributed by atoms with van der Waals surface area (Å²) in [5.41, 5.74) is 3.35. The third-order valence-electron chi connectivity index (χ3n) is 3.44. The van der Waals surface area contributed by atoms with Crippen LogP contribution < -0.4 is 9.47 Å². The number of methoxy groups -OCH3 is 2. The van der Waals surface area contributed by atoms with Gasteiger partial charge in [0.1, 0.15) is 0 Å². The normalized spacial score (nSPS) is 12.0. The summed E-state index contributed by atoms with van der Waals surface area (Å²) in [5, 5.41) is 0. The topological polar surface area (TPSA) is 65.0 Å². The fraction of sp³-hybridized carbons (Fsp3) is 0.294. The smallest absolute Gasteiger partial charge is 0.287 e. The second kappa shape index (κ2) is 7.60. The van der Waals surface area contributed by atoms with Gasteiger partial charge in [0.15, 0.2) is 11.5 Å². The van der Waals surface area contributed by atoms with Crippen molar-refractivity contribution in [2.45, 2.75) is 25.7 Å². The van der Waals surface area contributed by atoms with Crippen molar-refractivity contribution in [2.24, 2.45) is 2.55 Å². The lowest BCUT2D eigenvalue weighted by atomic mass is 10.1. The molecule has 0 heterocycles. The SMILES string of the molecule is COc1ccc(S(=O)(=O)N=Ic2c(C)cc(C)cc2C)cc1OC. The average Bonchev–Trinajstić information content (AvgIpc) is 2.52. The van der Waals surface area contributed by atoms with Crippen molar-refractivity contribution in [3.8, 4) is 11.5 Å². The zero-order valence-electron chi connectivity index (χ0n) is 14.3. The molecule has 0 bridgehead atoms. The van der Waals surface area contributed by atoms with Gasteiger partial charge in [0.05, 0.1) is 19.1 Å². The van der Waals surface area contributed by atoms with Crippen LogP contribution in [0.25, 0.3) is 0 Å². The van der Waals surface area contributed by atoms with Crippen LogP contribution in [0.15, 0.2) is 37.8 Å². The van der Waals surface area contributed by atoms with E-state index < -0.39 is 31.1 Å². The Bertz CT molecular complexity index is 868. The lowest BCUT2D eigenvalue weighted by Gasteiger charge is -2.08. The lowest BCUT2D eigenvalue weighted by molar-refractivity contribution is 0.354. The van der Waals surface area contributed by atoms with Gasteiger partial charge >= 0.3 is 0 Å². The molecule has 0 fully saturated rings. The number of nitrogens with zero attached hydrogens (tertiary/aromatic N) is 1. The van der Waals surface area contributed by atoms with Gasteiger partial charge in [-0.3, -0.25) is 0 Å². The third kappa shape index (κ3) is 4.13. The van der Waals surface area contributed by atoms with Crippen molar-refractivity contribution in [1.82, 2.24) is 0 Å². The maximum atomic E-state index is 12.5. The van der Waals surface area contributed by atoms with E-state index in [1.54, 1.807) is 6.07 Å². The fourth-order valence-corrected chi connectivity index (χ4v) is 6.25. The van der Waals surface area contributed by atoms with Gasteiger partial charge in [-0.25, -0.2) is 0 Å². The molecule has 0 N–H and O–H groups in total. The zero-order valence-corrected chi connectivity index (χ0v) is 17.2. The molecule has 0 radical (unpaired) electrons. The molecule has 2 rings (SSSR count). The van der Waals surface area contributed by atoms with Crippen LogP contribution in [0.2, 0.25) is 0 Å². The van der Waals surface area contributed by atoms with Gasteiger partial charge in [-0.2, -0.15) is 8.42 Å². The monoisotopic (exact) mass is 461 g/mol.